The highest BCUT2D eigenvalue weighted by Crippen LogP contribution is 2.06. The Morgan fingerprint density at radius 2 is 1.89 bits per heavy atom. The van der Waals surface area contributed by atoms with Crippen molar-refractivity contribution in [3.63, 3.8) is 0 Å². The first-order valence-electron chi connectivity index (χ1n) is 6.62. The van der Waals surface area contributed by atoms with Crippen LogP contribution in [0.2, 0.25) is 0 Å². The fourth-order valence-corrected chi connectivity index (χ4v) is 1.51. The summed E-state index contributed by atoms with van der Waals surface area (Å²) in [6, 6.07) is 0. The largest absolute Gasteiger partial charge is 0.481 e. The molecule has 0 radical (unpaired) electrons. The molecule has 18 heavy (non-hydrogen) atoms. The van der Waals surface area contributed by atoms with Crippen molar-refractivity contribution in [1.82, 2.24) is 5.32 Å². The van der Waals surface area contributed by atoms with Gasteiger partial charge in [0.05, 0.1) is 0 Å². The molecule has 0 saturated heterocycles. The molecule has 0 aromatic rings. The third-order valence-corrected chi connectivity index (χ3v) is 2.49. The summed E-state index contributed by atoms with van der Waals surface area (Å²) in [7, 11) is 0. The van der Waals surface area contributed by atoms with E-state index in [-0.39, 0.29) is 24.7 Å². The molecule has 1 amide bonds. The van der Waals surface area contributed by atoms with Crippen LogP contribution < -0.4 is 5.32 Å². The number of carbonyl (C=O) groups excluding carboxylic acids is 1. The van der Waals surface area contributed by atoms with Gasteiger partial charge in [0.2, 0.25) is 5.91 Å². The predicted octanol–water partition coefficient (Wildman–Crippen LogP) is 1.81. The van der Waals surface area contributed by atoms with Gasteiger partial charge in [0.1, 0.15) is 0 Å². The molecule has 0 rings (SSSR count). The van der Waals surface area contributed by atoms with Gasteiger partial charge in [-0.25, -0.2) is 0 Å². The predicted molar refractivity (Wildman–Crippen MR) is 69.4 cm³/mol. The maximum Gasteiger partial charge on any atom is 0.303 e. The van der Waals surface area contributed by atoms with Gasteiger partial charge in [0.15, 0.2) is 0 Å². The van der Waals surface area contributed by atoms with Crippen molar-refractivity contribution in [3.05, 3.63) is 0 Å². The Bertz CT molecular complexity index is 243. The van der Waals surface area contributed by atoms with Crippen LogP contribution in [0.1, 0.15) is 46.0 Å². The van der Waals surface area contributed by atoms with Gasteiger partial charge in [-0.2, -0.15) is 0 Å². The highest BCUT2D eigenvalue weighted by molar-refractivity contribution is 5.77. The quantitative estimate of drug-likeness (QED) is 0.555. The molecule has 5 nitrogen and oxygen atoms in total. The van der Waals surface area contributed by atoms with Crippen LogP contribution in [0.25, 0.3) is 0 Å². The lowest BCUT2D eigenvalue weighted by Gasteiger charge is -2.09. The van der Waals surface area contributed by atoms with E-state index in [1.165, 1.54) is 0 Å². The summed E-state index contributed by atoms with van der Waals surface area (Å²) in [5.41, 5.74) is 0. The van der Waals surface area contributed by atoms with Crippen molar-refractivity contribution in [3.8, 4) is 0 Å². The molecule has 0 saturated carbocycles. The van der Waals surface area contributed by atoms with E-state index in [1.54, 1.807) is 6.92 Å². The first-order valence-corrected chi connectivity index (χ1v) is 6.62. The number of nitrogens with one attached hydrogen (secondary N) is 1. The Labute approximate surface area is 109 Å². The van der Waals surface area contributed by atoms with Gasteiger partial charge < -0.3 is 15.2 Å². The topological polar surface area (TPSA) is 75.6 Å². The number of carboxylic acids is 1. The Morgan fingerprint density at radius 1 is 1.22 bits per heavy atom. The normalized spacial score (nSPS) is 12.1. The molecule has 5 heteroatoms. The van der Waals surface area contributed by atoms with E-state index in [1.807, 2.05) is 0 Å². The Kier molecular flexibility index (Phi) is 10.3. The molecular formula is C13H25NO4. The van der Waals surface area contributed by atoms with E-state index in [9.17, 15) is 9.59 Å². The van der Waals surface area contributed by atoms with Crippen molar-refractivity contribution >= 4 is 11.9 Å². The average Bonchev–Trinajstić information content (AvgIpc) is 2.26. The third-order valence-electron chi connectivity index (χ3n) is 2.49. The molecule has 0 bridgehead atoms. The number of carbonyl (C=O) groups is 2. The maximum absolute atomic E-state index is 11.4. The number of hydrogen-bond acceptors (Lipinski definition) is 3. The molecule has 1 atom stereocenters. The van der Waals surface area contributed by atoms with Crippen molar-refractivity contribution in [2.24, 2.45) is 5.92 Å². The Morgan fingerprint density at radius 3 is 2.50 bits per heavy atom. The molecule has 0 aromatic carbocycles. The number of aliphatic carboxylic acids is 1. The summed E-state index contributed by atoms with van der Waals surface area (Å²) in [6.45, 7) is 5.90. The van der Waals surface area contributed by atoms with Gasteiger partial charge in [-0.15, -0.1) is 0 Å². The fourth-order valence-electron chi connectivity index (χ4n) is 1.51. The van der Waals surface area contributed by atoms with Gasteiger partial charge in [0.25, 0.3) is 0 Å². The molecule has 0 spiro atoms. The average molecular weight is 259 g/mol. The van der Waals surface area contributed by atoms with Crippen LogP contribution in [0.3, 0.4) is 0 Å². The molecule has 106 valence electrons. The zero-order chi connectivity index (χ0) is 13.8. The van der Waals surface area contributed by atoms with Crippen LogP contribution in [-0.4, -0.2) is 36.7 Å². The summed E-state index contributed by atoms with van der Waals surface area (Å²) >= 11 is 0. The van der Waals surface area contributed by atoms with E-state index in [4.69, 9.17) is 9.84 Å². The lowest BCUT2D eigenvalue weighted by molar-refractivity contribution is -0.138. The second kappa shape index (κ2) is 11.0. The molecule has 0 aliphatic heterocycles. The summed E-state index contributed by atoms with van der Waals surface area (Å²) in [5, 5.41) is 11.3. The van der Waals surface area contributed by atoms with Crippen LogP contribution in [-0.2, 0) is 14.3 Å². The minimum Gasteiger partial charge on any atom is -0.481 e. The molecule has 1 unspecified atom stereocenters. The number of carboxylic acid groups (broad SMARTS) is 1. The molecule has 0 aliphatic rings. The lowest BCUT2D eigenvalue weighted by Crippen LogP contribution is -2.27. The van der Waals surface area contributed by atoms with Gasteiger partial charge in [-0.05, 0) is 18.8 Å². The van der Waals surface area contributed by atoms with Crippen LogP contribution in [0.15, 0.2) is 0 Å². The molecule has 0 heterocycles. The zero-order valence-electron chi connectivity index (χ0n) is 11.4. The summed E-state index contributed by atoms with van der Waals surface area (Å²) in [6.07, 6.45) is 3.29. The number of amides is 1. The molecule has 0 aromatic heterocycles. The van der Waals surface area contributed by atoms with Gasteiger partial charge >= 0.3 is 5.97 Å². The SMILES string of the molecule is CCCCOCCCNC(=O)CC(C)CC(=O)O. The summed E-state index contributed by atoms with van der Waals surface area (Å²) < 4.78 is 5.36. The fraction of sp³-hybridized carbons (Fsp3) is 0.846. The monoisotopic (exact) mass is 259 g/mol. The van der Waals surface area contributed by atoms with Crippen LogP contribution in [0, 0.1) is 5.92 Å². The highest BCUT2D eigenvalue weighted by atomic mass is 16.5. The molecule has 2 N–H and O–H groups in total. The van der Waals surface area contributed by atoms with E-state index < -0.39 is 5.97 Å². The molecular weight excluding hydrogens is 234 g/mol. The minimum atomic E-state index is -0.861. The van der Waals surface area contributed by atoms with Crippen LogP contribution in [0.5, 0.6) is 0 Å². The highest BCUT2D eigenvalue weighted by Gasteiger charge is 2.11. The maximum atomic E-state index is 11.4. The first-order chi connectivity index (χ1) is 8.56. The summed E-state index contributed by atoms with van der Waals surface area (Å²) in [5.74, 6) is -1.07. The van der Waals surface area contributed by atoms with Gasteiger partial charge in [-0.3, -0.25) is 9.59 Å². The second-order valence-electron chi connectivity index (χ2n) is 4.58. The first kappa shape index (κ1) is 16.9. The van der Waals surface area contributed by atoms with E-state index >= 15 is 0 Å². The number of unbranched alkanes of at least 4 members (excludes halogenated alkanes) is 1. The van der Waals surface area contributed by atoms with Crippen molar-refractivity contribution < 1.29 is 19.4 Å². The smallest absolute Gasteiger partial charge is 0.303 e. The number of hydrogen-bond donors (Lipinski definition) is 2. The van der Waals surface area contributed by atoms with Crippen molar-refractivity contribution in [1.29, 1.82) is 0 Å². The van der Waals surface area contributed by atoms with Crippen molar-refractivity contribution in [2.45, 2.75) is 46.0 Å². The van der Waals surface area contributed by atoms with Crippen molar-refractivity contribution in [2.75, 3.05) is 19.8 Å². The molecule has 0 fully saturated rings. The standard InChI is InChI=1S/C13H25NO4/c1-3-4-7-18-8-5-6-14-12(15)9-11(2)10-13(16)17/h11H,3-10H2,1-2H3,(H,14,15)(H,16,17). The zero-order valence-corrected chi connectivity index (χ0v) is 11.4. The number of rotatable bonds is 11. The van der Waals surface area contributed by atoms with Crippen LogP contribution in [0.4, 0.5) is 0 Å². The third kappa shape index (κ3) is 11.4. The Hall–Kier alpha value is -1.10. The van der Waals surface area contributed by atoms with E-state index in [0.29, 0.717) is 13.2 Å². The minimum absolute atomic E-state index is 0.0353. The molecule has 0 aliphatic carbocycles. The second-order valence-corrected chi connectivity index (χ2v) is 4.58. The van der Waals surface area contributed by atoms with E-state index in [0.717, 1.165) is 25.9 Å². The number of ether oxygens (including phenoxy) is 1. The van der Waals surface area contributed by atoms with E-state index in [2.05, 4.69) is 12.2 Å². The van der Waals surface area contributed by atoms with Crippen LogP contribution >= 0.6 is 0 Å². The lowest BCUT2D eigenvalue weighted by atomic mass is 10.0. The Balaban J connectivity index is 3.39. The van der Waals surface area contributed by atoms with Gasteiger partial charge in [-0.1, -0.05) is 20.3 Å². The summed E-state index contributed by atoms with van der Waals surface area (Å²) in [4.78, 5) is 21.9. The van der Waals surface area contributed by atoms with Gasteiger partial charge in [0, 0.05) is 32.6 Å².